The summed E-state index contributed by atoms with van der Waals surface area (Å²) < 4.78 is 7.45. The van der Waals surface area contributed by atoms with Gasteiger partial charge in [0.05, 0.1) is 26.8 Å². The molecule has 11 aromatic carbocycles. The molecule has 0 amide bonds. The highest BCUT2D eigenvalue weighted by Gasteiger charge is 2.22. The molecule has 0 unspecified atom stereocenters. The molecule has 0 aliphatic rings. The molecule has 4 nitrogen and oxygen atoms in total. The van der Waals surface area contributed by atoms with E-state index in [1.54, 1.807) is 0 Å². The molecule has 0 saturated heterocycles. The summed E-state index contributed by atoms with van der Waals surface area (Å²) in [6.07, 6.45) is 0. The SMILES string of the molecule is c1ccc(N(c2cccc(-c3ccc(N(c4ccccc4)c4ccc5c(c4)c4ccc6c7ccccc7sc6c4n5-c4ccccc4)cc3)c2)c2ccc3c(c2)c2ccccc2n3-c2ccccc2)cc1. The summed E-state index contributed by atoms with van der Waals surface area (Å²) in [6, 6.07) is 96.9. The predicted molar refractivity (Wildman–Crippen MR) is 303 cm³/mol. The van der Waals surface area contributed by atoms with Gasteiger partial charge in [-0.15, -0.1) is 11.3 Å². The van der Waals surface area contributed by atoms with E-state index in [0.29, 0.717) is 0 Å². The van der Waals surface area contributed by atoms with Crippen molar-refractivity contribution in [3.8, 4) is 22.5 Å². The smallest absolute Gasteiger partial charge is 0.0719 e. The summed E-state index contributed by atoms with van der Waals surface area (Å²) in [7, 11) is 0. The Morgan fingerprint density at radius 2 is 0.732 bits per heavy atom. The lowest BCUT2D eigenvalue weighted by Crippen LogP contribution is -2.10. The molecule has 0 N–H and O–H groups in total. The number of nitrogens with zero attached hydrogens (tertiary/aromatic N) is 4. The molecule has 71 heavy (non-hydrogen) atoms. The van der Waals surface area contributed by atoms with Crippen LogP contribution in [0.15, 0.2) is 267 Å². The van der Waals surface area contributed by atoms with Gasteiger partial charge in [-0.05, 0) is 132 Å². The maximum absolute atomic E-state index is 2.46. The number of thiophene rings is 1. The van der Waals surface area contributed by atoms with Crippen molar-refractivity contribution in [2.45, 2.75) is 0 Å². The van der Waals surface area contributed by atoms with E-state index in [-0.39, 0.29) is 0 Å². The van der Waals surface area contributed by atoms with Crippen LogP contribution in [0.1, 0.15) is 0 Å². The van der Waals surface area contributed by atoms with E-state index >= 15 is 0 Å². The second kappa shape index (κ2) is 16.8. The number of aromatic nitrogens is 2. The lowest BCUT2D eigenvalue weighted by Gasteiger charge is -2.27. The molecule has 0 bridgehead atoms. The van der Waals surface area contributed by atoms with Gasteiger partial charge in [0, 0.05) is 82.5 Å². The third-order valence-corrected chi connectivity index (χ3v) is 15.2. The summed E-state index contributed by atoms with van der Waals surface area (Å²) in [4.78, 5) is 4.76. The molecule has 0 fully saturated rings. The molecule has 0 radical (unpaired) electrons. The van der Waals surface area contributed by atoms with Gasteiger partial charge in [0.15, 0.2) is 0 Å². The summed E-state index contributed by atoms with van der Waals surface area (Å²) in [5.41, 5.74) is 16.0. The van der Waals surface area contributed by atoms with E-state index < -0.39 is 0 Å². The van der Waals surface area contributed by atoms with Crippen molar-refractivity contribution < 1.29 is 0 Å². The zero-order valence-corrected chi connectivity index (χ0v) is 39.4. The highest BCUT2D eigenvalue weighted by molar-refractivity contribution is 7.26. The summed E-state index contributed by atoms with van der Waals surface area (Å²) in [5.74, 6) is 0. The molecule has 334 valence electrons. The number of para-hydroxylation sites is 5. The van der Waals surface area contributed by atoms with Crippen LogP contribution in [0, 0.1) is 0 Å². The number of hydrogen-bond donors (Lipinski definition) is 0. The van der Waals surface area contributed by atoms with Crippen LogP contribution in [0.5, 0.6) is 0 Å². The molecule has 14 aromatic rings. The van der Waals surface area contributed by atoms with Crippen LogP contribution < -0.4 is 9.80 Å². The second-order valence-corrected chi connectivity index (χ2v) is 19.2. The Hall–Kier alpha value is -9.16. The lowest BCUT2D eigenvalue weighted by atomic mass is 10.0. The standard InChI is InChI=1S/C66H44N4S/c1-5-19-47(20-6-1)67(53-37-41-63-60(44-53)57-38-39-58-56-29-14-16-31-64(56)71-66(58)65(57)70(63)50-25-11-4-12-26-50)51-34-32-45(33-35-51)46-18-17-27-52(42-46)68(48-21-7-2-8-22-48)54-36-40-62-59(43-54)55-28-13-15-30-61(55)69(62)49-23-9-3-10-24-49/h1-44H. The van der Waals surface area contributed by atoms with Crippen LogP contribution in [0.2, 0.25) is 0 Å². The van der Waals surface area contributed by atoms with E-state index in [1.807, 2.05) is 11.3 Å². The molecule has 14 rings (SSSR count). The Kier molecular flexibility index (Phi) is 9.68. The van der Waals surface area contributed by atoms with Gasteiger partial charge in [-0.1, -0.05) is 146 Å². The molecular formula is C66H44N4S. The zero-order valence-electron chi connectivity index (χ0n) is 38.6. The molecule has 0 spiro atoms. The first-order valence-corrected chi connectivity index (χ1v) is 25.0. The maximum atomic E-state index is 2.46. The van der Waals surface area contributed by atoms with Crippen LogP contribution in [0.25, 0.3) is 86.3 Å². The topological polar surface area (TPSA) is 16.3 Å². The summed E-state index contributed by atoms with van der Waals surface area (Å²) >= 11 is 1.88. The molecule has 0 saturated carbocycles. The summed E-state index contributed by atoms with van der Waals surface area (Å²) in [6.45, 7) is 0. The van der Waals surface area contributed by atoms with Gasteiger partial charge in [-0.3, -0.25) is 0 Å². The van der Waals surface area contributed by atoms with Crippen molar-refractivity contribution in [3.05, 3.63) is 267 Å². The van der Waals surface area contributed by atoms with Crippen LogP contribution in [-0.2, 0) is 0 Å². The van der Waals surface area contributed by atoms with Crippen molar-refractivity contribution in [1.29, 1.82) is 0 Å². The van der Waals surface area contributed by atoms with Crippen molar-refractivity contribution in [1.82, 2.24) is 9.13 Å². The fraction of sp³-hybridized carbons (Fsp3) is 0. The largest absolute Gasteiger partial charge is 0.310 e. The number of hydrogen-bond acceptors (Lipinski definition) is 3. The average molecular weight is 925 g/mol. The molecule has 5 heteroatoms. The Morgan fingerprint density at radius 1 is 0.268 bits per heavy atom. The molecular weight excluding hydrogens is 881 g/mol. The van der Waals surface area contributed by atoms with Gasteiger partial charge < -0.3 is 18.9 Å². The van der Waals surface area contributed by atoms with Gasteiger partial charge in [-0.25, -0.2) is 0 Å². The minimum atomic E-state index is 1.09. The molecule has 3 heterocycles. The fourth-order valence-corrected chi connectivity index (χ4v) is 12.1. The first kappa shape index (κ1) is 40.9. The Bertz CT molecular complexity index is 4270. The molecule has 0 atom stereocenters. The van der Waals surface area contributed by atoms with Crippen molar-refractivity contribution in [2.75, 3.05) is 9.80 Å². The van der Waals surface area contributed by atoms with Gasteiger partial charge in [0.2, 0.25) is 0 Å². The highest BCUT2D eigenvalue weighted by Crippen LogP contribution is 2.46. The van der Waals surface area contributed by atoms with E-state index in [4.69, 9.17) is 0 Å². The highest BCUT2D eigenvalue weighted by atomic mass is 32.1. The van der Waals surface area contributed by atoms with Crippen molar-refractivity contribution in [2.24, 2.45) is 0 Å². The number of fused-ring (bicyclic) bond motifs is 10. The van der Waals surface area contributed by atoms with Crippen LogP contribution in [0.4, 0.5) is 34.1 Å². The first-order chi connectivity index (χ1) is 35.2. The maximum Gasteiger partial charge on any atom is 0.0719 e. The first-order valence-electron chi connectivity index (χ1n) is 24.2. The predicted octanol–water partition coefficient (Wildman–Crippen LogP) is 18.9. The van der Waals surface area contributed by atoms with Crippen LogP contribution >= 0.6 is 11.3 Å². The quantitative estimate of drug-likeness (QED) is 0.143. The van der Waals surface area contributed by atoms with Gasteiger partial charge in [-0.2, -0.15) is 0 Å². The third-order valence-electron chi connectivity index (χ3n) is 14.0. The Labute approximate surface area is 415 Å². The normalized spacial score (nSPS) is 11.7. The molecule has 3 aromatic heterocycles. The minimum Gasteiger partial charge on any atom is -0.310 e. The number of benzene rings is 11. The monoisotopic (exact) mass is 924 g/mol. The Morgan fingerprint density at radius 3 is 1.41 bits per heavy atom. The van der Waals surface area contributed by atoms with Crippen molar-refractivity contribution in [3.63, 3.8) is 0 Å². The summed E-state index contributed by atoms with van der Waals surface area (Å²) in [5, 5.41) is 7.52. The fourth-order valence-electron chi connectivity index (χ4n) is 10.9. The number of anilines is 6. The van der Waals surface area contributed by atoms with E-state index in [2.05, 4.69) is 286 Å². The molecule has 0 aliphatic carbocycles. The Balaban J connectivity index is 0.867. The second-order valence-electron chi connectivity index (χ2n) is 18.1. The van der Waals surface area contributed by atoms with E-state index in [1.165, 1.54) is 63.8 Å². The molecule has 0 aliphatic heterocycles. The van der Waals surface area contributed by atoms with Crippen LogP contribution in [0.3, 0.4) is 0 Å². The third kappa shape index (κ3) is 6.81. The van der Waals surface area contributed by atoms with Gasteiger partial charge in [0.25, 0.3) is 0 Å². The van der Waals surface area contributed by atoms with E-state index in [0.717, 1.165) is 56.6 Å². The lowest BCUT2D eigenvalue weighted by molar-refractivity contribution is 1.18. The number of rotatable bonds is 9. The van der Waals surface area contributed by atoms with E-state index in [9.17, 15) is 0 Å². The average Bonchev–Trinajstić information content (AvgIpc) is 4.10. The minimum absolute atomic E-state index is 1.09. The van der Waals surface area contributed by atoms with Crippen LogP contribution in [-0.4, -0.2) is 9.13 Å². The van der Waals surface area contributed by atoms with Crippen molar-refractivity contribution >= 4 is 109 Å². The van der Waals surface area contributed by atoms with Gasteiger partial charge in [0.1, 0.15) is 0 Å². The zero-order chi connectivity index (χ0) is 46.8. The van der Waals surface area contributed by atoms with Gasteiger partial charge >= 0.3 is 0 Å².